The molecule has 0 aromatic heterocycles. The van der Waals surface area contributed by atoms with Gasteiger partial charge in [0.2, 0.25) is 0 Å². The third-order valence-corrected chi connectivity index (χ3v) is 5.83. The quantitative estimate of drug-likeness (QED) is 0.321. The summed E-state index contributed by atoms with van der Waals surface area (Å²) in [6, 6.07) is 4.19. The van der Waals surface area contributed by atoms with E-state index in [1.165, 1.54) is 24.0 Å². The van der Waals surface area contributed by atoms with Crippen LogP contribution in [0.15, 0.2) is 21.7 Å². The Morgan fingerprint density at radius 2 is 1.94 bits per heavy atom. The van der Waals surface area contributed by atoms with Gasteiger partial charge in [-0.3, -0.25) is 14.6 Å². The fraction of sp³-hybridized carbons (Fsp3) is 0.522. The van der Waals surface area contributed by atoms with Gasteiger partial charge in [0.15, 0.2) is 11.5 Å². The Balaban J connectivity index is 1.61. The van der Waals surface area contributed by atoms with Gasteiger partial charge in [0.25, 0.3) is 5.56 Å². The number of H-pyrrole nitrogens is 1. The highest BCUT2D eigenvalue weighted by Gasteiger charge is 2.27. The van der Waals surface area contributed by atoms with Crippen LogP contribution in [0.2, 0.25) is 0 Å². The lowest BCUT2D eigenvalue weighted by atomic mass is 10.0. The van der Waals surface area contributed by atoms with E-state index in [4.69, 9.17) is 4.74 Å². The lowest BCUT2D eigenvalue weighted by molar-refractivity contribution is -0.143. The van der Waals surface area contributed by atoms with E-state index in [9.17, 15) is 14.4 Å². The number of fused-ring (bicyclic) bond motifs is 2. The lowest BCUT2D eigenvalue weighted by Gasteiger charge is -2.18. The summed E-state index contributed by atoms with van der Waals surface area (Å²) in [6.07, 6.45) is 6.28. The first-order chi connectivity index (χ1) is 15.0. The molecule has 1 N–H and O–H groups in total. The van der Waals surface area contributed by atoms with Gasteiger partial charge in [0.05, 0.1) is 17.6 Å². The molecule has 0 radical (unpaired) electrons. The van der Waals surface area contributed by atoms with Crippen molar-refractivity contribution in [2.24, 2.45) is 0 Å². The van der Waals surface area contributed by atoms with Crippen LogP contribution in [-0.2, 0) is 16.1 Å². The highest BCUT2D eigenvalue weighted by Crippen LogP contribution is 2.42. The largest absolute Gasteiger partial charge is 0.466 e. The molecule has 1 aliphatic carbocycles. The van der Waals surface area contributed by atoms with Crippen molar-refractivity contribution in [3.8, 4) is 11.5 Å². The van der Waals surface area contributed by atoms with E-state index in [1.807, 2.05) is 10.6 Å². The Morgan fingerprint density at radius 3 is 2.68 bits per heavy atom. The van der Waals surface area contributed by atoms with Crippen molar-refractivity contribution in [3.63, 3.8) is 0 Å². The molecular weight excluding hydrogens is 396 g/mol. The van der Waals surface area contributed by atoms with E-state index in [-0.39, 0.29) is 11.7 Å². The van der Waals surface area contributed by atoms with Crippen LogP contribution in [0, 0.1) is 6.92 Å². The number of carbonyl (C=O) groups is 1. The lowest BCUT2D eigenvalue weighted by Crippen LogP contribution is -2.29. The number of aryl methyl sites for hydroxylation is 2. The van der Waals surface area contributed by atoms with Crippen molar-refractivity contribution in [2.45, 2.75) is 71.3 Å². The van der Waals surface area contributed by atoms with Crippen molar-refractivity contribution >= 4 is 17.0 Å². The standard InChI is InChI=1S/C23H28N4O4/c1-3-31-19(28)8-6-4-5-7-11-27-18-13-16(15-9-10-15)14(2)12-17(18)24-20-21(27)25-23(30)26-22(20)29/h12-13,15H,3-11H2,1-2H3,(H,26,29,30). The minimum atomic E-state index is -0.656. The van der Waals surface area contributed by atoms with Crippen LogP contribution in [0.3, 0.4) is 0 Å². The maximum absolute atomic E-state index is 12.4. The molecule has 31 heavy (non-hydrogen) atoms. The number of aromatic nitrogens is 4. The number of nitrogens with one attached hydrogen (secondary N) is 1. The zero-order valence-corrected chi connectivity index (χ0v) is 18.1. The van der Waals surface area contributed by atoms with Crippen molar-refractivity contribution < 1.29 is 9.53 Å². The second-order valence-electron chi connectivity index (χ2n) is 8.25. The molecule has 2 heterocycles. The molecule has 0 spiro atoms. The number of ether oxygens (including phenoxy) is 1. The second kappa shape index (κ2) is 8.99. The Kier molecular flexibility index (Phi) is 6.15. The van der Waals surface area contributed by atoms with Crippen LogP contribution in [0.1, 0.15) is 68.9 Å². The van der Waals surface area contributed by atoms with Crippen molar-refractivity contribution in [1.29, 1.82) is 0 Å². The maximum Gasteiger partial charge on any atom is 0.349 e. The number of hydrogen-bond acceptors (Lipinski definition) is 6. The molecule has 164 valence electrons. The van der Waals surface area contributed by atoms with Crippen molar-refractivity contribution in [1.82, 2.24) is 19.5 Å². The van der Waals surface area contributed by atoms with Gasteiger partial charge in [-0.1, -0.05) is 12.8 Å². The van der Waals surface area contributed by atoms with Crippen LogP contribution in [0.4, 0.5) is 0 Å². The fourth-order valence-corrected chi connectivity index (χ4v) is 4.15. The molecule has 8 heteroatoms. The van der Waals surface area contributed by atoms with Gasteiger partial charge < -0.3 is 9.30 Å². The number of hydrogen-bond donors (Lipinski definition) is 1. The van der Waals surface area contributed by atoms with Crippen molar-refractivity contribution in [2.75, 3.05) is 6.61 Å². The average molecular weight is 425 g/mol. The van der Waals surface area contributed by atoms with Crippen LogP contribution in [0.25, 0.3) is 22.6 Å². The number of aromatic amines is 1. The van der Waals surface area contributed by atoms with Crippen LogP contribution in [0.5, 0.6) is 0 Å². The number of esters is 1. The third kappa shape index (κ3) is 4.68. The summed E-state index contributed by atoms with van der Waals surface area (Å²) in [5, 5.41) is 0. The molecule has 1 fully saturated rings. The molecular formula is C23H28N4O4. The first kappa shape index (κ1) is 21.2. The average Bonchev–Trinajstić information content (AvgIpc) is 3.55. The minimum Gasteiger partial charge on any atom is -0.466 e. The molecule has 1 saturated carbocycles. The van der Waals surface area contributed by atoms with Gasteiger partial charge in [-0.2, -0.15) is 4.98 Å². The summed E-state index contributed by atoms with van der Waals surface area (Å²) in [7, 11) is 0. The molecule has 1 aromatic rings. The van der Waals surface area contributed by atoms with Gasteiger partial charge >= 0.3 is 11.7 Å². The highest BCUT2D eigenvalue weighted by atomic mass is 16.5. The van der Waals surface area contributed by atoms with Crippen LogP contribution in [-0.4, -0.2) is 32.1 Å². The molecule has 0 bridgehead atoms. The van der Waals surface area contributed by atoms with E-state index in [0.29, 0.717) is 31.3 Å². The summed E-state index contributed by atoms with van der Waals surface area (Å²) >= 11 is 0. The number of nitrogens with zero attached hydrogens (tertiary/aromatic N) is 3. The normalized spacial score (nSPS) is 13.7. The SMILES string of the molecule is CCOC(=O)CCCCCCn1c2nc(=O)[nH]c(=O)c-2nc2cc(C)c(C3CC3)cc21. The van der Waals surface area contributed by atoms with Gasteiger partial charge in [0.1, 0.15) is 0 Å². The molecule has 0 unspecified atom stereocenters. The second-order valence-corrected chi connectivity index (χ2v) is 8.25. The zero-order chi connectivity index (χ0) is 22.0. The van der Waals surface area contributed by atoms with Crippen molar-refractivity contribution in [3.05, 3.63) is 44.1 Å². The number of carbonyl (C=O) groups excluding carboxylic acids is 1. The first-order valence-electron chi connectivity index (χ1n) is 11.1. The molecule has 0 atom stereocenters. The summed E-state index contributed by atoms with van der Waals surface area (Å²) in [6.45, 7) is 4.92. The Labute approximate surface area is 180 Å². The summed E-state index contributed by atoms with van der Waals surface area (Å²) in [5.41, 5.74) is 3.15. The highest BCUT2D eigenvalue weighted by molar-refractivity contribution is 5.81. The van der Waals surface area contributed by atoms with E-state index >= 15 is 0 Å². The molecule has 2 aliphatic heterocycles. The first-order valence-corrected chi connectivity index (χ1v) is 11.1. The van der Waals surface area contributed by atoms with E-state index in [0.717, 1.165) is 36.7 Å². The van der Waals surface area contributed by atoms with Gasteiger partial charge in [-0.25, -0.2) is 9.78 Å². The maximum atomic E-state index is 12.4. The fourth-order valence-electron chi connectivity index (χ4n) is 4.15. The Hall–Kier alpha value is -3.03. The summed E-state index contributed by atoms with van der Waals surface area (Å²) in [5.74, 6) is 0.759. The van der Waals surface area contributed by atoms with Crippen LogP contribution >= 0.6 is 0 Å². The molecule has 1 aromatic carbocycles. The third-order valence-electron chi connectivity index (χ3n) is 5.83. The summed E-state index contributed by atoms with van der Waals surface area (Å²) < 4.78 is 6.92. The van der Waals surface area contributed by atoms with E-state index < -0.39 is 11.2 Å². The zero-order valence-electron chi connectivity index (χ0n) is 18.1. The molecule has 8 nitrogen and oxygen atoms in total. The predicted octanol–water partition coefficient (Wildman–Crippen LogP) is 3.28. The van der Waals surface area contributed by atoms with Gasteiger partial charge in [-0.05, 0) is 68.7 Å². The number of rotatable bonds is 9. The molecule has 0 saturated heterocycles. The number of unbranched alkanes of at least 4 members (excludes halogenated alkanes) is 3. The smallest absolute Gasteiger partial charge is 0.349 e. The topological polar surface area (TPSA) is 107 Å². The van der Waals surface area contributed by atoms with E-state index in [2.05, 4.69) is 27.9 Å². The minimum absolute atomic E-state index is 0.155. The van der Waals surface area contributed by atoms with Gasteiger partial charge in [-0.15, -0.1) is 0 Å². The Bertz CT molecular complexity index is 1190. The number of benzene rings is 1. The molecule has 4 rings (SSSR count). The molecule has 3 aliphatic rings. The predicted molar refractivity (Wildman–Crippen MR) is 117 cm³/mol. The monoisotopic (exact) mass is 424 g/mol. The molecule has 0 amide bonds. The summed E-state index contributed by atoms with van der Waals surface area (Å²) in [4.78, 5) is 46.6. The van der Waals surface area contributed by atoms with E-state index in [1.54, 1.807) is 6.92 Å². The van der Waals surface area contributed by atoms with Crippen LogP contribution < -0.4 is 11.2 Å². The Morgan fingerprint density at radius 1 is 1.16 bits per heavy atom. The van der Waals surface area contributed by atoms with Gasteiger partial charge in [0, 0.05) is 13.0 Å².